The lowest BCUT2D eigenvalue weighted by atomic mass is 9.95. The molecule has 0 spiro atoms. The minimum Gasteiger partial charge on any atom is -0.496 e. The molecule has 0 saturated carbocycles. The first-order chi connectivity index (χ1) is 10.1. The third-order valence-corrected chi connectivity index (χ3v) is 2.85. The molecular formula is C15H20O6. The molecule has 1 aromatic carbocycles. The number of aliphatic hydroxyl groups excluding tert-OH is 1. The molecule has 0 heterocycles. The molecule has 0 amide bonds. The van der Waals surface area contributed by atoms with Gasteiger partial charge in [0.2, 0.25) is 0 Å². The molecule has 0 saturated heterocycles. The van der Waals surface area contributed by atoms with Crippen molar-refractivity contribution in [3.05, 3.63) is 29.8 Å². The summed E-state index contributed by atoms with van der Waals surface area (Å²) in [7, 11) is 1.44. The van der Waals surface area contributed by atoms with Crippen molar-refractivity contribution >= 4 is 11.9 Å². The molecular weight excluding hydrogens is 276 g/mol. The Hall–Kier alpha value is -2.08. The van der Waals surface area contributed by atoms with E-state index < -0.39 is 24.0 Å². The van der Waals surface area contributed by atoms with Crippen molar-refractivity contribution in [2.24, 2.45) is 5.92 Å². The van der Waals surface area contributed by atoms with Crippen molar-refractivity contribution in [2.75, 3.05) is 20.3 Å². The molecule has 0 aliphatic carbocycles. The molecule has 0 aliphatic rings. The monoisotopic (exact) mass is 296 g/mol. The van der Waals surface area contributed by atoms with E-state index in [9.17, 15) is 14.7 Å². The van der Waals surface area contributed by atoms with Gasteiger partial charge in [0.15, 0.2) is 5.92 Å². The molecule has 1 aromatic rings. The molecule has 21 heavy (non-hydrogen) atoms. The van der Waals surface area contributed by atoms with Gasteiger partial charge in [-0.1, -0.05) is 18.2 Å². The second-order valence-corrected chi connectivity index (χ2v) is 4.17. The molecule has 1 N–H and O–H groups in total. The van der Waals surface area contributed by atoms with Crippen molar-refractivity contribution in [1.82, 2.24) is 0 Å². The topological polar surface area (TPSA) is 82.1 Å². The minimum atomic E-state index is -1.44. The van der Waals surface area contributed by atoms with Crippen LogP contribution < -0.4 is 4.74 Å². The van der Waals surface area contributed by atoms with Crippen LogP contribution in [0.15, 0.2) is 24.3 Å². The maximum Gasteiger partial charge on any atom is 0.323 e. The van der Waals surface area contributed by atoms with Gasteiger partial charge in [0.1, 0.15) is 11.9 Å². The van der Waals surface area contributed by atoms with E-state index in [2.05, 4.69) is 0 Å². The fraction of sp³-hybridized carbons (Fsp3) is 0.467. The highest BCUT2D eigenvalue weighted by Gasteiger charge is 2.38. The van der Waals surface area contributed by atoms with Crippen molar-refractivity contribution in [3.63, 3.8) is 0 Å². The summed E-state index contributed by atoms with van der Waals surface area (Å²) in [5.74, 6) is -2.71. The van der Waals surface area contributed by atoms with Gasteiger partial charge >= 0.3 is 11.9 Å². The van der Waals surface area contributed by atoms with E-state index in [1.807, 2.05) is 0 Å². The summed E-state index contributed by atoms with van der Waals surface area (Å²) in [5, 5.41) is 10.4. The molecule has 6 nitrogen and oxygen atoms in total. The number of benzene rings is 1. The quantitative estimate of drug-likeness (QED) is 0.606. The van der Waals surface area contributed by atoms with Crippen LogP contribution in [0.3, 0.4) is 0 Å². The van der Waals surface area contributed by atoms with Crippen LogP contribution in [-0.4, -0.2) is 37.4 Å². The first-order valence-electron chi connectivity index (χ1n) is 6.71. The Morgan fingerprint density at radius 2 is 1.62 bits per heavy atom. The van der Waals surface area contributed by atoms with E-state index in [0.717, 1.165) is 0 Å². The molecule has 0 aromatic heterocycles. The summed E-state index contributed by atoms with van der Waals surface area (Å²) in [6, 6.07) is 6.61. The standard InChI is InChI=1S/C15H20O6/c1-4-20-14(17)12(15(18)21-5-2)13(16)10-8-6-7-9-11(10)19-3/h6-9,12-13,16H,4-5H2,1-3H3. The van der Waals surface area contributed by atoms with E-state index in [1.165, 1.54) is 7.11 Å². The summed E-state index contributed by atoms with van der Waals surface area (Å²) in [6.07, 6.45) is -1.40. The zero-order valence-electron chi connectivity index (χ0n) is 12.4. The Kier molecular flexibility index (Phi) is 6.68. The number of hydrogen-bond acceptors (Lipinski definition) is 6. The lowest BCUT2D eigenvalue weighted by molar-refractivity contribution is -0.167. The molecule has 0 bridgehead atoms. The lowest BCUT2D eigenvalue weighted by Gasteiger charge is -2.21. The average Bonchev–Trinajstić information content (AvgIpc) is 2.47. The first-order valence-corrected chi connectivity index (χ1v) is 6.71. The molecule has 1 rings (SSSR count). The van der Waals surface area contributed by atoms with Crippen LogP contribution >= 0.6 is 0 Å². The van der Waals surface area contributed by atoms with Crippen LogP contribution in [-0.2, 0) is 19.1 Å². The molecule has 6 heteroatoms. The number of ether oxygens (including phenoxy) is 3. The SMILES string of the molecule is CCOC(=O)C(C(=O)OCC)C(O)c1ccccc1OC. The Labute approximate surface area is 123 Å². The Balaban J connectivity index is 3.12. The van der Waals surface area contributed by atoms with Crippen LogP contribution in [0.1, 0.15) is 25.5 Å². The van der Waals surface area contributed by atoms with Crippen molar-refractivity contribution in [3.8, 4) is 5.75 Å². The summed E-state index contributed by atoms with van der Waals surface area (Å²) in [6.45, 7) is 3.45. The van der Waals surface area contributed by atoms with Crippen LogP contribution in [0, 0.1) is 5.92 Å². The average molecular weight is 296 g/mol. The van der Waals surface area contributed by atoms with Gasteiger partial charge in [0, 0.05) is 5.56 Å². The number of methoxy groups -OCH3 is 1. The summed E-state index contributed by atoms with van der Waals surface area (Å²) >= 11 is 0. The van der Waals surface area contributed by atoms with Crippen LogP contribution in [0.2, 0.25) is 0 Å². The molecule has 1 atom stereocenters. The maximum atomic E-state index is 12.0. The van der Waals surface area contributed by atoms with Gasteiger partial charge < -0.3 is 19.3 Å². The molecule has 116 valence electrons. The predicted molar refractivity (Wildman–Crippen MR) is 74.7 cm³/mol. The van der Waals surface area contributed by atoms with Crippen molar-refractivity contribution in [2.45, 2.75) is 20.0 Å². The number of para-hydroxylation sites is 1. The summed E-state index contributed by atoms with van der Waals surface area (Å²) in [5.41, 5.74) is 0.325. The third-order valence-electron chi connectivity index (χ3n) is 2.85. The van der Waals surface area contributed by atoms with Gasteiger partial charge in [-0.3, -0.25) is 9.59 Å². The fourth-order valence-corrected chi connectivity index (χ4v) is 1.91. The zero-order chi connectivity index (χ0) is 15.8. The van der Waals surface area contributed by atoms with E-state index in [4.69, 9.17) is 14.2 Å². The van der Waals surface area contributed by atoms with E-state index in [-0.39, 0.29) is 13.2 Å². The van der Waals surface area contributed by atoms with Crippen LogP contribution in [0.4, 0.5) is 0 Å². The van der Waals surface area contributed by atoms with Crippen molar-refractivity contribution in [1.29, 1.82) is 0 Å². The number of rotatable bonds is 7. The van der Waals surface area contributed by atoms with Gasteiger partial charge in [-0.25, -0.2) is 0 Å². The second-order valence-electron chi connectivity index (χ2n) is 4.17. The Bertz CT molecular complexity index is 467. The highest BCUT2D eigenvalue weighted by molar-refractivity contribution is 5.95. The first kappa shape index (κ1) is 17.0. The smallest absolute Gasteiger partial charge is 0.323 e. The highest BCUT2D eigenvalue weighted by Crippen LogP contribution is 2.31. The number of aliphatic hydroxyl groups is 1. The van der Waals surface area contributed by atoms with Crippen LogP contribution in [0.5, 0.6) is 5.75 Å². The zero-order valence-corrected chi connectivity index (χ0v) is 12.4. The number of carbonyl (C=O) groups excluding carboxylic acids is 2. The van der Waals surface area contributed by atoms with Gasteiger partial charge in [-0.15, -0.1) is 0 Å². The normalized spacial score (nSPS) is 11.9. The molecule has 0 fully saturated rings. The second kappa shape index (κ2) is 8.26. The number of hydrogen-bond donors (Lipinski definition) is 1. The van der Waals surface area contributed by atoms with Gasteiger partial charge in [0.05, 0.1) is 20.3 Å². The minimum absolute atomic E-state index is 0.105. The van der Waals surface area contributed by atoms with Gasteiger partial charge in [0.25, 0.3) is 0 Å². The van der Waals surface area contributed by atoms with Gasteiger partial charge in [-0.05, 0) is 19.9 Å². The fourth-order valence-electron chi connectivity index (χ4n) is 1.91. The van der Waals surface area contributed by atoms with Crippen LogP contribution in [0.25, 0.3) is 0 Å². The van der Waals surface area contributed by atoms with E-state index in [0.29, 0.717) is 11.3 Å². The molecule has 0 radical (unpaired) electrons. The van der Waals surface area contributed by atoms with E-state index in [1.54, 1.807) is 38.1 Å². The maximum absolute atomic E-state index is 12.0. The predicted octanol–water partition coefficient (Wildman–Crippen LogP) is 1.47. The Morgan fingerprint density at radius 1 is 1.10 bits per heavy atom. The van der Waals surface area contributed by atoms with E-state index >= 15 is 0 Å². The summed E-state index contributed by atoms with van der Waals surface area (Å²) < 4.78 is 14.8. The lowest BCUT2D eigenvalue weighted by Crippen LogP contribution is -2.33. The summed E-state index contributed by atoms with van der Waals surface area (Å²) in [4.78, 5) is 23.9. The Morgan fingerprint density at radius 3 is 2.10 bits per heavy atom. The number of carbonyl (C=O) groups is 2. The third kappa shape index (κ3) is 4.19. The molecule has 1 unspecified atom stereocenters. The number of esters is 2. The molecule has 0 aliphatic heterocycles. The largest absolute Gasteiger partial charge is 0.496 e. The van der Waals surface area contributed by atoms with Gasteiger partial charge in [-0.2, -0.15) is 0 Å². The highest BCUT2D eigenvalue weighted by atomic mass is 16.6. The van der Waals surface area contributed by atoms with Crippen molar-refractivity contribution < 1.29 is 28.9 Å².